The molecule has 23 heavy (non-hydrogen) atoms. The summed E-state index contributed by atoms with van der Waals surface area (Å²) in [5.41, 5.74) is 1.95. The molecule has 0 amide bonds. The summed E-state index contributed by atoms with van der Waals surface area (Å²) in [5.74, 6) is 0.178. The van der Waals surface area contributed by atoms with Gasteiger partial charge in [0.1, 0.15) is 4.90 Å². The van der Waals surface area contributed by atoms with Crippen LogP contribution in [0.2, 0.25) is 0 Å². The monoisotopic (exact) mass is 337 g/mol. The third kappa shape index (κ3) is 3.64. The largest absolute Gasteiger partial charge is 0.298 e. The van der Waals surface area contributed by atoms with Crippen LogP contribution < -0.4 is 0 Å². The molecule has 3 rings (SSSR count). The molecule has 1 N–H and O–H groups in total. The lowest BCUT2D eigenvalue weighted by atomic mass is 9.94. The molecule has 8 heteroatoms. The van der Waals surface area contributed by atoms with Crippen LogP contribution in [0.3, 0.4) is 0 Å². The van der Waals surface area contributed by atoms with Crippen molar-refractivity contribution in [1.82, 2.24) is 24.9 Å². The molecule has 126 valence electrons. The maximum absolute atomic E-state index is 11.9. The first-order valence-corrected chi connectivity index (χ1v) is 9.83. The number of rotatable bonds is 5. The van der Waals surface area contributed by atoms with Crippen molar-refractivity contribution in [3.8, 4) is 0 Å². The summed E-state index contributed by atoms with van der Waals surface area (Å²) in [6.45, 7) is 5.64. The molecule has 0 bridgehead atoms. The molecule has 2 aromatic rings. The van der Waals surface area contributed by atoms with Crippen LogP contribution in [0.4, 0.5) is 0 Å². The summed E-state index contributed by atoms with van der Waals surface area (Å²) in [4.78, 5) is 2.70. The Hall–Kier alpha value is -1.67. The molecule has 0 spiro atoms. The molecule has 2 aromatic heterocycles. The highest BCUT2D eigenvalue weighted by atomic mass is 32.2. The topological polar surface area (TPSA) is 83.9 Å². The first kappa shape index (κ1) is 16.2. The lowest BCUT2D eigenvalue weighted by Gasteiger charge is -2.32. The van der Waals surface area contributed by atoms with E-state index in [0.29, 0.717) is 4.90 Å². The van der Waals surface area contributed by atoms with E-state index in [1.807, 2.05) is 10.9 Å². The predicted molar refractivity (Wildman–Crippen MR) is 86.9 cm³/mol. The Morgan fingerprint density at radius 2 is 2.22 bits per heavy atom. The third-order valence-corrected chi connectivity index (χ3v) is 5.49. The minimum Gasteiger partial charge on any atom is -0.298 e. The van der Waals surface area contributed by atoms with Gasteiger partial charge < -0.3 is 0 Å². The second kappa shape index (κ2) is 6.45. The lowest BCUT2D eigenvalue weighted by molar-refractivity contribution is 0.197. The van der Waals surface area contributed by atoms with E-state index in [1.165, 1.54) is 18.0 Å². The molecular weight excluding hydrogens is 314 g/mol. The maximum Gasteiger partial charge on any atom is 0.178 e. The minimum absolute atomic E-state index is 0.178. The van der Waals surface area contributed by atoms with Gasteiger partial charge in [0.15, 0.2) is 9.84 Å². The van der Waals surface area contributed by atoms with Gasteiger partial charge in [-0.05, 0) is 26.3 Å². The van der Waals surface area contributed by atoms with Gasteiger partial charge >= 0.3 is 0 Å². The Balaban J connectivity index is 1.72. The smallest absolute Gasteiger partial charge is 0.178 e. The number of piperidine rings is 1. The number of likely N-dealkylation sites (tertiary alicyclic amines) is 1. The fraction of sp³-hybridized carbons (Fsp3) is 0.600. The van der Waals surface area contributed by atoms with Crippen molar-refractivity contribution in [2.24, 2.45) is 0 Å². The Morgan fingerprint density at radius 1 is 1.39 bits per heavy atom. The summed E-state index contributed by atoms with van der Waals surface area (Å²) >= 11 is 0. The van der Waals surface area contributed by atoms with Gasteiger partial charge in [0.25, 0.3) is 0 Å². The van der Waals surface area contributed by atoms with Crippen molar-refractivity contribution in [2.45, 2.75) is 43.7 Å². The zero-order valence-electron chi connectivity index (χ0n) is 13.6. The summed E-state index contributed by atoms with van der Waals surface area (Å²) in [7, 11) is -3.24. The van der Waals surface area contributed by atoms with Crippen molar-refractivity contribution in [3.63, 3.8) is 0 Å². The molecule has 0 aliphatic carbocycles. The Labute approximate surface area is 136 Å². The highest BCUT2D eigenvalue weighted by molar-refractivity contribution is 7.90. The number of nitrogens with one attached hydrogen (secondary N) is 1. The van der Waals surface area contributed by atoms with Crippen molar-refractivity contribution < 1.29 is 8.42 Å². The normalized spacial score (nSPS) is 20.0. The van der Waals surface area contributed by atoms with Crippen LogP contribution in [0.1, 0.15) is 36.9 Å². The lowest BCUT2D eigenvalue weighted by Crippen LogP contribution is -2.34. The van der Waals surface area contributed by atoms with E-state index in [1.54, 1.807) is 0 Å². The summed E-state index contributed by atoms with van der Waals surface area (Å²) in [6, 6.07) is 0. The second-order valence-corrected chi connectivity index (χ2v) is 8.18. The average Bonchev–Trinajstić information content (AvgIpc) is 3.15. The van der Waals surface area contributed by atoms with Gasteiger partial charge in [-0.2, -0.15) is 10.2 Å². The van der Waals surface area contributed by atoms with Gasteiger partial charge in [0.2, 0.25) is 0 Å². The summed E-state index contributed by atoms with van der Waals surface area (Å²) in [6.07, 6.45) is 8.67. The van der Waals surface area contributed by atoms with Gasteiger partial charge in [-0.25, -0.2) is 8.42 Å². The fourth-order valence-corrected chi connectivity index (χ4v) is 4.08. The van der Waals surface area contributed by atoms with E-state index >= 15 is 0 Å². The summed E-state index contributed by atoms with van der Waals surface area (Å²) < 4.78 is 25.7. The quantitative estimate of drug-likeness (QED) is 0.892. The van der Waals surface area contributed by atoms with Gasteiger partial charge in [-0.15, -0.1) is 0 Å². The number of sulfone groups is 1. The molecule has 0 unspecified atom stereocenters. The van der Waals surface area contributed by atoms with Crippen LogP contribution >= 0.6 is 0 Å². The number of aryl methyl sites for hydroxylation is 1. The average molecular weight is 337 g/mol. The fourth-order valence-electron chi connectivity index (χ4n) is 3.23. The first-order valence-electron chi connectivity index (χ1n) is 7.94. The number of hydrogen-bond acceptors (Lipinski definition) is 5. The van der Waals surface area contributed by atoms with E-state index in [-0.39, 0.29) is 5.92 Å². The van der Waals surface area contributed by atoms with E-state index < -0.39 is 9.84 Å². The minimum atomic E-state index is -3.24. The van der Waals surface area contributed by atoms with E-state index in [2.05, 4.69) is 33.3 Å². The standard InChI is InChI=1S/C15H23N5O2S/c1-3-20-10-12(7-17-20)9-19-6-4-5-13(11-19)15-14(8-16-18-15)23(2,21)22/h7-8,10,13H,3-6,9,11H2,1-2H3,(H,16,18)/t13-/m1/s1. The third-order valence-electron chi connectivity index (χ3n) is 4.36. The zero-order valence-corrected chi connectivity index (χ0v) is 14.4. The predicted octanol–water partition coefficient (Wildman–Crippen LogP) is 1.41. The van der Waals surface area contributed by atoms with Crippen LogP contribution in [0, 0.1) is 0 Å². The Kier molecular flexibility index (Phi) is 4.54. The number of hydrogen-bond donors (Lipinski definition) is 1. The number of nitrogens with zero attached hydrogens (tertiary/aromatic N) is 4. The van der Waals surface area contributed by atoms with Crippen LogP contribution in [0.5, 0.6) is 0 Å². The molecule has 0 aromatic carbocycles. The molecule has 0 radical (unpaired) electrons. The van der Waals surface area contributed by atoms with Gasteiger partial charge in [0, 0.05) is 43.6 Å². The molecular formula is C15H23N5O2S. The number of aromatic amines is 1. The Morgan fingerprint density at radius 3 is 2.91 bits per heavy atom. The molecule has 7 nitrogen and oxygen atoms in total. The molecule has 1 fully saturated rings. The zero-order chi connectivity index (χ0) is 16.4. The van der Waals surface area contributed by atoms with E-state index in [4.69, 9.17) is 0 Å². The highest BCUT2D eigenvalue weighted by Gasteiger charge is 2.27. The van der Waals surface area contributed by atoms with Crippen molar-refractivity contribution in [3.05, 3.63) is 29.8 Å². The second-order valence-electron chi connectivity index (χ2n) is 6.20. The van der Waals surface area contributed by atoms with Crippen molar-refractivity contribution in [2.75, 3.05) is 19.3 Å². The molecule has 3 heterocycles. The molecule has 1 atom stereocenters. The molecule has 1 saturated heterocycles. The van der Waals surface area contributed by atoms with Crippen molar-refractivity contribution >= 4 is 9.84 Å². The van der Waals surface area contributed by atoms with Gasteiger partial charge in [0.05, 0.1) is 18.1 Å². The molecule has 0 saturated carbocycles. The number of aromatic nitrogens is 4. The van der Waals surface area contributed by atoms with Crippen LogP contribution in [-0.2, 0) is 22.9 Å². The van der Waals surface area contributed by atoms with Gasteiger partial charge in [-0.3, -0.25) is 14.7 Å². The highest BCUT2D eigenvalue weighted by Crippen LogP contribution is 2.30. The van der Waals surface area contributed by atoms with Crippen LogP contribution in [-0.4, -0.2) is 52.6 Å². The summed E-state index contributed by atoms with van der Waals surface area (Å²) in [5, 5.41) is 11.2. The van der Waals surface area contributed by atoms with E-state index in [9.17, 15) is 8.42 Å². The van der Waals surface area contributed by atoms with E-state index in [0.717, 1.165) is 44.7 Å². The van der Waals surface area contributed by atoms with Crippen LogP contribution in [0.15, 0.2) is 23.5 Å². The molecule has 1 aliphatic heterocycles. The van der Waals surface area contributed by atoms with Gasteiger partial charge in [-0.1, -0.05) is 0 Å². The molecule has 1 aliphatic rings. The maximum atomic E-state index is 11.9. The number of H-pyrrole nitrogens is 1. The first-order chi connectivity index (χ1) is 11.0. The SMILES string of the molecule is CCn1cc(CN2CCC[C@@H](c3[nH]ncc3S(C)(=O)=O)C2)cn1. The van der Waals surface area contributed by atoms with Crippen LogP contribution in [0.25, 0.3) is 0 Å². The Bertz CT molecular complexity index is 764. The van der Waals surface area contributed by atoms with Crippen molar-refractivity contribution in [1.29, 1.82) is 0 Å².